The summed E-state index contributed by atoms with van der Waals surface area (Å²) in [6.07, 6.45) is 0.905. The normalized spacial score (nSPS) is 15.7. The Labute approximate surface area is 313 Å². The second-order valence-corrected chi connectivity index (χ2v) is 12.4. The zero-order chi connectivity index (χ0) is 38.8. The SMILES string of the molecule is CC(C)c1cc(-c2ccccc2)cc(C(C)C)c1N1c2ccccc2[N-]C1c1[c-]cccc1.[2H]C([2H])([2H])c1cnc(-c2[c-]cc(F)cc2)cc1C([2H])([2H])[2H].[Ir+3]. The van der Waals surface area contributed by atoms with Gasteiger partial charge in [-0.25, -0.2) is 0 Å². The topological polar surface area (TPSA) is 30.2 Å². The minimum Gasteiger partial charge on any atom is -0.661 e. The van der Waals surface area contributed by atoms with Crippen LogP contribution in [0.3, 0.4) is 0 Å². The summed E-state index contributed by atoms with van der Waals surface area (Å²) in [5, 5.41) is 5.16. The van der Waals surface area contributed by atoms with Crippen molar-refractivity contribution in [1.29, 1.82) is 0 Å². The Hall–Kier alpha value is -4.57. The van der Waals surface area contributed by atoms with Gasteiger partial charge in [0.2, 0.25) is 0 Å². The van der Waals surface area contributed by atoms with E-state index in [4.69, 9.17) is 13.5 Å². The Morgan fingerprint density at radius 1 is 0.776 bits per heavy atom. The number of pyridine rings is 1. The van der Waals surface area contributed by atoms with Gasteiger partial charge in [0.05, 0.1) is 0 Å². The molecular formula is C44H41FIrN3. The fourth-order valence-corrected chi connectivity index (χ4v) is 5.92. The van der Waals surface area contributed by atoms with Crippen LogP contribution in [-0.2, 0) is 20.1 Å². The predicted molar refractivity (Wildman–Crippen MR) is 198 cm³/mol. The van der Waals surface area contributed by atoms with Crippen LogP contribution in [0.2, 0.25) is 0 Å². The first-order valence-corrected chi connectivity index (χ1v) is 16.1. The zero-order valence-corrected chi connectivity index (χ0v) is 30.2. The van der Waals surface area contributed by atoms with Gasteiger partial charge in [0.25, 0.3) is 0 Å². The molecule has 1 aliphatic heterocycles. The second kappa shape index (κ2) is 15.8. The first kappa shape index (κ1) is 28.3. The van der Waals surface area contributed by atoms with Crippen molar-refractivity contribution in [3.63, 3.8) is 0 Å². The molecule has 0 amide bonds. The number of benzene rings is 5. The van der Waals surface area contributed by atoms with Crippen LogP contribution in [0, 0.1) is 31.7 Å². The van der Waals surface area contributed by atoms with Crippen molar-refractivity contribution in [2.75, 3.05) is 4.90 Å². The van der Waals surface area contributed by atoms with Crippen molar-refractivity contribution in [3.8, 4) is 22.4 Å². The van der Waals surface area contributed by atoms with E-state index in [9.17, 15) is 4.39 Å². The fourth-order valence-electron chi connectivity index (χ4n) is 5.92. The Morgan fingerprint density at radius 3 is 2.10 bits per heavy atom. The predicted octanol–water partition coefficient (Wildman–Crippen LogP) is 12.6. The fraction of sp³-hybridized carbons (Fsp3) is 0.205. The molecule has 1 aliphatic rings. The van der Waals surface area contributed by atoms with Crippen molar-refractivity contribution >= 4 is 17.1 Å². The Balaban J connectivity index is 0.000000229. The number of hydrogen-bond donors (Lipinski definition) is 0. The third-order valence-corrected chi connectivity index (χ3v) is 8.37. The van der Waals surface area contributed by atoms with Gasteiger partial charge < -0.3 is 15.2 Å². The molecule has 1 unspecified atom stereocenters. The first-order chi connectivity index (χ1) is 25.6. The van der Waals surface area contributed by atoms with Crippen LogP contribution in [0.15, 0.2) is 121 Å². The maximum atomic E-state index is 12.9. The number of para-hydroxylation sites is 2. The molecule has 0 fully saturated rings. The second-order valence-electron chi connectivity index (χ2n) is 12.4. The largest absolute Gasteiger partial charge is 3.00 e. The maximum Gasteiger partial charge on any atom is 3.00 e. The first-order valence-electron chi connectivity index (χ1n) is 19.1. The Kier molecular flexibility index (Phi) is 9.10. The summed E-state index contributed by atoms with van der Waals surface area (Å²) in [5.74, 6) is 0.262. The minimum absolute atomic E-state index is 0. The average molecular weight is 829 g/mol. The Morgan fingerprint density at radius 2 is 1.47 bits per heavy atom. The van der Waals surface area contributed by atoms with Gasteiger partial charge in [0.15, 0.2) is 0 Å². The van der Waals surface area contributed by atoms with Crippen LogP contribution in [0.4, 0.5) is 21.5 Å². The number of fused-ring (bicyclic) bond motifs is 1. The van der Waals surface area contributed by atoms with E-state index >= 15 is 0 Å². The molecule has 0 saturated carbocycles. The maximum absolute atomic E-state index is 12.9. The van der Waals surface area contributed by atoms with E-state index in [-0.39, 0.29) is 43.1 Å². The van der Waals surface area contributed by atoms with Crippen LogP contribution in [0.25, 0.3) is 27.7 Å². The van der Waals surface area contributed by atoms with Gasteiger partial charge in [-0.1, -0.05) is 87.9 Å². The molecule has 2 heterocycles. The number of halogens is 1. The average Bonchev–Trinajstić information content (AvgIpc) is 3.54. The third kappa shape index (κ3) is 7.85. The summed E-state index contributed by atoms with van der Waals surface area (Å²) in [6, 6.07) is 43.1. The van der Waals surface area contributed by atoms with Gasteiger partial charge in [-0.15, -0.1) is 35.5 Å². The Bertz CT molecular complexity index is 2180. The zero-order valence-electron chi connectivity index (χ0n) is 33.8. The molecule has 0 N–H and O–H groups in total. The number of hydrogen-bond acceptors (Lipinski definition) is 2. The minimum atomic E-state index is -2.58. The van der Waals surface area contributed by atoms with E-state index in [1.807, 2.05) is 12.1 Å². The van der Waals surface area contributed by atoms with Gasteiger partial charge in [-0.05, 0) is 83.4 Å². The van der Waals surface area contributed by atoms with Crippen molar-refractivity contribution in [2.24, 2.45) is 0 Å². The molecule has 5 heteroatoms. The van der Waals surface area contributed by atoms with Gasteiger partial charge in [-0.3, -0.25) is 4.39 Å². The molecule has 0 radical (unpaired) electrons. The van der Waals surface area contributed by atoms with Gasteiger partial charge in [0, 0.05) is 31.6 Å². The van der Waals surface area contributed by atoms with Crippen LogP contribution in [0.1, 0.15) is 81.7 Å². The van der Waals surface area contributed by atoms with Gasteiger partial charge in [-0.2, -0.15) is 35.9 Å². The van der Waals surface area contributed by atoms with Gasteiger partial charge in [0.1, 0.15) is 0 Å². The molecule has 6 aromatic rings. The summed E-state index contributed by atoms with van der Waals surface area (Å²) >= 11 is 0. The summed E-state index contributed by atoms with van der Waals surface area (Å²) in [7, 11) is 0. The summed E-state index contributed by atoms with van der Waals surface area (Å²) in [6.45, 7) is 4.02. The number of aryl methyl sites for hydroxylation is 2. The van der Waals surface area contributed by atoms with Crippen molar-refractivity contribution in [1.82, 2.24) is 4.98 Å². The monoisotopic (exact) mass is 829 g/mol. The smallest absolute Gasteiger partial charge is 0.661 e. The molecule has 0 saturated heterocycles. The molecule has 1 aromatic heterocycles. The molecule has 49 heavy (non-hydrogen) atoms. The van der Waals surface area contributed by atoms with Crippen LogP contribution < -0.4 is 4.90 Å². The third-order valence-electron chi connectivity index (χ3n) is 8.37. The van der Waals surface area contributed by atoms with E-state index in [1.165, 1.54) is 46.1 Å². The number of aromatic nitrogens is 1. The summed E-state index contributed by atoms with van der Waals surface area (Å²) in [5.41, 5.74) is 9.84. The van der Waals surface area contributed by atoms with E-state index in [0.29, 0.717) is 17.4 Å². The van der Waals surface area contributed by atoms with E-state index in [1.54, 1.807) is 0 Å². The van der Waals surface area contributed by atoms with Crippen LogP contribution >= 0.6 is 0 Å². The summed E-state index contributed by atoms with van der Waals surface area (Å²) < 4.78 is 57.4. The molecule has 0 bridgehead atoms. The number of nitrogens with zero attached hydrogens (tertiary/aromatic N) is 3. The molecular weight excluding hydrogens is 782 g/mol. The molecule has 7 rings (SSSR count). The molecule has 1 atom stereocenters. The molecule has 248 valence electrons. The number of rotatable bonds is 6. The van der Waals surface area contributed by atoms with E-state index < -0.39 is 19.5 Å². The van der Waals surface area contributed by atoms with E-state index in [2.05, 4.69) is 129 Å². The standard InChI is InChI=1S/C31H30N2.C13H11FN.Ir/c1-21(2)26-19-25(23-13-7-5-8-14-23)20-27(22(3)4)30(26)33-29-18-12-11-17-28(29)32-31(33)24-15-9-6-10-16-24;1-9-7-13(15-8-10(9)2)11-3-5-12(14)6-4-11;/h5-15,17-22,31H,1-4H3;3,5-8H,1-2H3;/q-2;-1;+3/i;1D3,2D3;. The molecule has 0 aliphatic carbocycles. The van der Waals surface area contributed by atoms with Crippen LogP contribution in [0.5, 0.6) is 0 Å². The molecule has 0 spiro atoms. The molecule has 3 nitrogen and oxygen atoms in total. The van der Waals surface area contributed by atoms with Crippen LogP contribution in [-0.4, -0.2) is 4.98 Å². The van der Waals surface area contributed by atoms with Gasteiger partial charge >= 0.3 is 20.1 Å². The van der Waals surface area contributed by atoms with Crippen molar-refractivity contribution < 1.29 is 32.7 Å². The van der Waals surface area contributed by atoms with Crippen molar-refractivity contribution in [3.05, 3.63) is 173 Å². The summed E-state index contributed by atoms with van der Waals surface area (Å²) in [4.78, 5) is 6.40. The van der Waals surface area contributed by atoms with Crippen molar-refractivity contribution in [2.45, 2.75) is 59.4 Å². The number of anilines is 2. The van der Waals surface area contributed by atoms with E-state index in [0.717, 1.165) is 29.2 Å². The quantitative estimate of drug-likeness (QED) is 0.157. The molecule has 5 aromatic carbocycles.